The number of anilines is 1. The van der Waals surface area contributed by atoms with Crippen molar-refractivity contribution >= 4 is 11.7 Å². The third-order valence-electron chi connectivity index (χ3n) is 4.82. The number of carbonyl (C=O) groups excluding carboxylic acids is 1. The minimum atomic E-state index is -0.371. The summed E-state index contributed by atoms with van der Waals surface area (Å²) in [6.07, 6.45) is 7.46. The predicted octanol–water partition coefficient (Wildman–Crippen LogP) is 2.03. The number of amides is 1. The molecule has 2 aromatic heterocycles. The number of hydrogen-bond acceptors (Lipinski definition) is 7. The Balaban J connectivity index is 1.42. The Bertz CT molecular complexity index is 751. The maximum Gasteiger partial charge on any atom is 0.316 e. The molecule has 2 aromatic rings. The van der Waals surface area contributed by atoms with Gasteiger partial charge in [-0.15, -0.1) is 0 Å². The molecule has 0 unspecified atom stereocenters. The monoisotopic (exact) mass is 357 g/mol. The molecule has 1 amide bonds. The maximum absolute atomic E-state index is 12.2. The van der Waals surface area contributed by atoms with E-state index in [1.54, 1.807) is 6.20 Å². The van der Waals surface area contributed by atoms with Crippen LogP contribution in [-0.4, -0.2) is 53.4 Å². The van der Waals surface area contributed by atoms with Gasteiger partial charge in [-0.1, -0.05) is 5.16 Å². The first kappa shape index (κ1) is 17.0. The molecule has 2 fully saturated rings. The number of nitrogens with one attached hydrogen (secondary N) is 1. The van der Waals surface area contributed by atoms with Gasteiger partial charge < -0.3 is 19.5 Å². The standard InChI is InChI=1S/C18H23N5O3/c24-17(20-12-14-5-4-10-25-14)18-21-16(22-26-18)13-6-7-19-15(11-13)23-8-2-1-3-9-23/h6-7,11,14H,1-5,8-10,12H2,(H,20,24)/t14-/m0/s1. The normalized spacial score (nSPS) is 20.3. The molecule has 0 bridgehead atoms. The van der Waals surface area contributed by atoms with Crippen molar-refractivity contribution in [3.63, 3.8) is 0 Å². The van der Waals surface area contributed by atoms with Gasteiger partial charge >= 0.3 is 11.8 Å². The number of piperidine rings is 1. The average Bonchev–Trinajstić information content (AvgIpc) is 3.39. The van der Waals surface area contributed by atoms with E-state index in [2.05, 4.69) is 25.3 Å². The van der Waals surface area contributed by atoms with E-state index in [0.29, 0.717) is 12.4 Å². The fourth-order valence-corrected chi connectivity index (χ4v) is 3.37. The van der Waals surface area contributed by atoms with Crippen molar-refractivity contribution in [3.05, 3.63) is 24.2 Å². The fraction of sp³-hybridized carbons (Fsp3) is 0.556. The Kier molecular flexibility index (Phi) is 5.10. The van der Waals surface area contributed by atoms with Crippen LogP contribution in [-0.2, 0) is 4.74 Å². The van der Waals surface area contributed by atoms with Gasteiger partial charge in [-0.3, -0.25) is 4.79 Å². The second-order valence-corrected chi connectivity index (χ2v) is 6.72. The van der Waals surface area contributed by atoms with Crippen molar-refractivity contribution in [2.45, 2.75) is 38.2 Å². The van der Waals surface area contributed by atoms with Crippen molar-refractivity contribution < 1.29 is 14.1 Å². The van der Waals surface area contributed by atoms with Gasteiger partial charge in [-0.2, -0.15) is 4.98 Å². The van der Waals surface area contributed by atoms with Crippen LogP contribution in [0.3, 0.4) is 0 Å². The van der Waals surface area contributed by atoms with Gasteiger partial charge in [0.25, 0.3) is 0 Å². The molecule has 2 aliphatic rings. The zero-order valence-corrected chi connectivity index (χ0v) is 14.7. The lowest BCUT2D eigenvalue weighted by Gasteiger charge is -2.27. The molecular formula is C18H23N5O3. The quantitative estimate of drug-likeness (QED) is 0.875. The van der Waals surface area contributed by atoms with Crippen molar-refractivity contribution in [1.29, 1.82) is 0 Å². The molecule has 8 heteroatoms. The van der Waals surface area contributed by atoms with E-state index in [0.717, 1.165) is 43.9 Å². The Labute approximate surface area is 151 Å². The van der Waals surface area contributed by atoms with Crippen LogP contribution in [0.25, 0.3) is 11.4 Å². The molecule has 0 aromatic carbocycles. The zero-order valence-electron chi connectivity index (χ0n) is 14.7. The summed E-state index contributed by atoms with van der Waals surface area (Å²) in [6.45, 7) is 3.25. The minimum Gasteiger partial charge on any atom is -0.376 e. The summed E-state index contributed by atoms with van der Waals surface area (Å²) >= 11 is 0. The van der Waals surface area contributed by atoms with Crippen LogP contribution in [0.1, 0.15) is 42.8 Å². The number of aromatic nitrogens is 3. The van der Waals surface area contributed by atoms with E-state index in [-0.39, 0.29) is 17.9 Å². The number of ether oxygens (including phenoxy) is 1. The molecule has 8 nitrogen and oxygen atoms in total. The molecule has 1 N–H and O–H groups in total. The fourth-order valence-electron chi connectivity index (χ4n) is 3.37. The summed E-state index contributed by atoms with van der Waals surface area (Å²) in [7, 11) is 0. The summed E-state index contributed by atoms with van der Waals surface area (Å²) in [6, 6.07) is 3.77. The van der Waals surface area contributed by atoms with Crippen LogP contribution in [0, 0.1) is 0 Å². The highest BCUT2D eigenvalue weighted by molar-refractivity contribution is 5.89. The molecule has 4 heterocycles. The van der Waals surface area contributed by atoms with Gasteiger partial charge in [0.05, 0.1) is 6.10 Å². The number of hydrogen-bond donors (Lipinski definition) is 1. The highest BCUT2D eigenvalue weighted by Gasteiger charge is 2.21. The summed E-state index contributed by atoms with van der Waals surface area (Å²) < 4.78 is 10.6. The lowest BCUT2D eigenvalue weighted by molar-refractivity contribution is 0.0822. The SMILES string of the molecule is O=C(NC[C@@H]1CCCO1)c1nc(-c2ccnc(N3CCCCC3)c2)no1. The van der Waals surface area contributed by atoms with Crippen LogP contribution in [0.15, 0.2) is 22.9 Å². The van der Waals surface area contributed by atoms with Gasteiger partial charge in [0.2, 0.25) is 5.82 Å². The van der Waals surface area contributed by atoms with E-state index >= 15 is 0 Å². The number of carbonyl (C=O) groups is 1. The first-order valence-electron chi connectivity index (χ1n) is 9.24. The largest absolute Gasteiger partial charge is 0.376 e. The molecule has 1 atom stereocenters. The van der Waals surface area contributed by atoms with Crippen LogP contribution in [0.4, 0.5) is 5.82 Å². The van der Waals surface area contributed by atoms with E-state index in [1.807, 2.05) is 12.1 Å². The average molecular weight is 357 g/mol. The van der Waals surface area contributed by atoms with Crippen molar-refractivity contribution in [2.75, 3.05) is 31.1 Å². The zero-order chi connectivity index (χ0) is 17.8. The number of rotatable bonds is 5. The van der Waals surface area contributed by atoms with Gasteiger partial charge in [-0.25, -0.2) is 4.98 Å². The predicted molar refractivity (Wildman–Crippen MR) is 94.9 cm³/mol. The van der Waals surface area contributed by atoms with Crippen molar-refractivity contribution in [2.24, 2.45) is 0 Å². The van der Waals surface area contributed by atoms with Gasteiger partial charge in [-0.05, 0) is 44.2 Å². The van der Waals surface area contributed by atoms with E-state index in [1.165, 1.54) is 19.3 Å². The molecule has 0 saturated carbocycles. The lowest BCUT2D eigenvalue weighted by atomic mass is 10.1. The molecule has 0 radical (unpaired) electrons. The Hall–Kier alpha value is -2.48. The van der Waals surface area contributed by atoms with Crippen molar-refractivity contribution in [3.8, 4) is 11.4 Å². The third-order valence-corrected chi connectivity index (χ3v) is 4.82. The minimum absolute atomic E-state index is 0.0330. The van der Waals surface area contributed by atoms with E-state index < -0.39 is 0 Å². The first-order valence-corrected chi connectivity index (χ1v) is 9.24. The summed E-state index contributed by atoms with van der Waals surface area (Å²) in [5.41, 5.74) is 0.794. The topological polar surface area (TPSA) is 93.4 Å². The van der Waals surface area contributed by atoms with Gasteiger partial charge in [0.15, 0.2) is 0 Å². The lowest BCUT2D eigenvalue weighted by Crippen LogP contribution is -2.31. The van der Waals surface area contributed by atoms with Crippen LogP contribution in [0.5, 0.6) is 0 Å². The molecule has 26 heavy (non-hydrogen) atoms. The number of nitrogens with zero attached hydrogens (tertiary/aromatic N) is 4. The smallest absolute Gasteiger partial charge is 0.316 e. The number of pyridine rings is 1. The van der Waals surface area contributed by atoms with Gasteiger partial charge in [0, 0.05) is 38.0 Å². The van der Waals surface area contributed by atoms with Gasteiger partial charge in [0.1, 0.15) is 5.82 Å². The maximum atomic E-state index is 12.2. The third kappa shape index (κ3) is 3.85. The van der Waals surface area contributed by atoms with Crippen LogP contribution in [0.2, 0.25) is 0 Å². The molecule has 2 saturated heterocycles. The highest BCUT2D eigenvalue weighted by Crippen LogP contribution is 2.23. The Morgan fingerprint density at radius 2 is 2.15 bits per heavy atom. The van der Waals surface area contributed by atoms with Crippen LogP contribution < -0.4 is 10.2 Å². The first-order chi connectivity index (χ1) is 12.8. The molecule has 138 valence electrons. The Morgan fingerprint density at radius 3 is 2.96 bits per heavy atom. The summed E-state index contributed by atoms with van der Waals surface area (Å²) in [4.78, 5) is 23.1. The molecule has 4 rings (SSSR count). The summed E-state index contributed by atoms with van der Waals surface area (Å²) in [5.74, 6) is 0.906. The Morgan fingerprint density at radius 1 is 1.27 bits per heavy atom. The molecule has 0 aliphatic carbocycles. The van der Waals surface area contributed by atoms with Crippen LogP contribution >= 0.6 is 0 Å². The molecule has 2 aliphatic heterocycles. The molecule has 0 spiro atoms. The van der Waals surface area contributed by atoms with Crippen molar-refractivity contribution in [1.82, 2.24) is 20.4 Å². The highest BCUT2D eigenvalue weighted by atomic mass is 16.5. The van der Waals surface area contributed by atoms with E-state index in [9.17, 15) is 4.79 Å². The molecular weight excluding hydrogens is 334 g/mol. The van der Waals surface area contributed by atoms with E-state index in [4.69, 9.17) is 9.26 Å². The second-order valence-electron chi connectivity index (χ2n) is 6.72. The second kappa shape index (κ2) is 7.82. The summed E-state index contributed by atoms with van der Waals surface area (Å²) in [5, 5.41) is 6.74.